The van der Waals surface area contributed by atoms with Crippen LogP contribution in [-0.4, -0.2) is 38.1 Å². The van der Waals surface area contributed by atoms with Gasteiger partial charge in [0.1, 0.15) is 0 Å². The smallest absolute Gasteiger partial charge is 0.0112 e. The molecule has 0 heterocycles. The summed E-state index contributed by atoms with van der Waals surface area (Å²) in [6, 6.07) is 0.643. The monoisotopic (exact) mass is 186 g/mol. The average molecular weight is 186 g/mol. The first kappa shape index (κ1) is 12.9. The Kier molecular flexibility index (Phi) is 5.57. The highest BCUT2D eigenvalue weighted by molar-refractivity contribution is 4.77. The second-order valence-electron chi connectivity index (χ2n) is 4.98. The van der Waals surface area contributed by atoms with Gasteiger partial charge in [-0.05, 0) is 45.9 Å². The Balaban J connectivity index is 3.76. The van der Waals surface area contributed by atoms with E-state index in [9.17, 15) is 0 Å². The van der Waals surface area contributed by atoms with Crippen LogP contribution in [0.5, 0.6) is 0 Å². The molecule has 0 radical (unpaired) electrons. The van der Waals surface area contributed by atoms with E-state index in [1.165, 1.54) is 13.0 Å². The van der Waals surface area contributed by atoms with Crippen molar-refractivity contribution in [3.63, 3.8) is 0 Å². The molecular formula is C11H26N2. The normalized spacial score (nSPS) is 15.0. The minimum Gasteiger partial charge on any atom is -0.320 e. The number of hydrogen-bond donors (Lipinski definition) is 1. The Labute approximate surface area is 83.7 Å². The fourth-order valence-electron chi connectivity index (χ4n) is 1.36. The third-order valence-corrected chi connectivity index (χ3v) is 2.85. The van der Waals surface area contributed by atoms with Crippen LogP contribution in [-0.2, 0) is 0 Å². The van der Waals surface area contributed by atoms with Crippen molar-refractivity contribution in [2.24, 2.45) is 5.41 Å². The van der Waals surface area contributed by atoms with Gasteiger partial charge in [0.05, 0.1) is 0 Å². The van der Waals surface area contributed by atoms with E-state index in [-0.39, 0.29) is 0 Å². The van der Waals surface area contributed by atoms with Gasteiger partial charge in [0, 0.05) is 6.04 Å². The van der Waals surface area contributed by atoms with Gasteiger partial charge in [-0.2, -0.15) is 0 Å². The highest BCUT2D eigenvalue weighted by atomic mass is 15.1. The Morgan fingerprint density at radius 3 is 2.23 bits per heavy atom. The van der Waals surface area contributed by atoms with Crippen molar-refractivity contribution >= 4 is 0 Å². The first-order valence-electron chi connectivity index (χ1n) is 5.24. The van der Waals surface area contributed by atoms with E-state index in [0.29, 0.717) is 11.5 Å². The van der Waals surface area contributed by atoms with Crippen molar-refractivity contribution in [3.8, 4) is 0 Å². The molecule has 1 N–H and O–H groups in total. The zero-order chi connectivity index (χ0) is 10.5. The maximum absolute atomic E-state index is 3.17. The van der Waals surface area contributed by atoms with Gasteiger partial charge in [-0.15, -0.1) is 0 Å². The lowest BCUT2D eigenvalue weighted by Crippen LogP contribution is -2.40. The summed E-state index contributed by atoms with van der Waals surface area (Å²) in [5, 5.41) is 3.17. The fraction of sp³-hybridized carbons (Fsp3) is 1.00. The molecule has 0 fully saturated rings. The van der Waals surface area contributed by atoms with Crippen LogP contribution in [0.3, 0.4) is 0 Å². The van der Waals surface area contributed by atoms with Gasteiger partial charge >= 0.3 is 0 Å². The molecule has 0 saturated heterocycles. The van der Waals surface area contributed by atoms with Crippen LogP contribution in [0.15, 0.2) is 0 Å². The topological polar surface area (TPSA) is 15.3 Å². The molecule has 2 heteroatoms. The predicted molar refractivity (Wildman–Crippen MR) is 60.1 cm³/mol. The third-order valence-electron chi connectivity index (χ3n) is 2.85. The third kappa shape index (κ3) is 5.27. The van der Waals surface area contributed by atoms with Gasteiger partial charge in [-0.1, -0.05) is 20.8 Å². The molecule has 0 aromatic carbocycles. The molecule has 80 valence electrons. The van der Waals surface area contributed by atoms with E-state index in [2.05, 4.69) is 45.0 Å². The van der Waals surface area contributed by atoms with Gasteiger partial charge in [-0.25, -0.2) is 0 Å². The first-order chi connectivity index (χ1) is 5.89. The van der Waals surface area contributed by atoms with Crippen molar-refractivity contribution in [1.29, 1.82) is 0 Å². The summed E-state index contributed by atoms with van der Waals surface area (Å²) in [4.78, 5) is 2.44. The Morgan fingerprint density at radius 2 is 1.85 bits per heavy atom. The molecule has 1 atom stereocenters. The Morgan fingerprint density at radius 1 is 1.31 bits per heavy atom. The summed E-state index contributed by atoms with van der Waals surface area (Å²) in [6.45, 7) is 11.5. The van der Waals surface area contributed by atoms with E-state index in [0.717, 1.165) is 6.54 Å². The maximum atomic E-state index is 3.17. The number of nitrogens with zero attached hydrogens (tertiary/aromatic N) is 1. The van der Waals surface area contributed by atoms with Crippen LogP contribution in [0.4, 0.5) is 0 Å². The zero-order valence-corrected chi connectivity index (χ0v) is 10.1. The molecule has 13 heavy (non-hydrogen) atoms. The van der Waals surface area contributed by atoms with Crippen LogP contribution in [0.25, 0.3) is 0 Å². The molecule has 0 aromatic rings. The van der Waals surface area contributed by atoms with Crippen molar-refractivity contribution in [2.45, 2.75) is 40.2 Å². The fourth-order valence-corrected chi connectivity index (χ4v) is 1.36. The second-order valence-corrected chi connectivity index (χ2v) is 4.98. The summed E-state index contributed by atoms with van der Waals surface area (Å²) in [5.74, 6) is 0. The Bertz CT molecular complexity index is 127. The molecule has 0 saturated carbocycles. The number of nitrogens with one attached hydrogen (secondary N) is 1. The quantitative estimate of drug-likeness (QED) is 0.660. The Hall–Kier alpha value is -0.0800. The van der Waals surface area contributed by atoms with Gasteiger partial charge in [0.2, 0.25) is 0 Å². The van der Waals surface area contributed by atoms with E-state index < -0.39 is 0 Å². The number of rotatable bonds is 5. The second kappa shape index (κ2) is 5.61. The lowest BCUT2D eigenvalue weighted by Gasteiger charge is -2.35. The SMILES string of the molecule is CNCCCN(C)C(C)C(C)(C)C. The summed E-state index contributed by atoms with van der Waals surface area (Å²) in [6.07, 6.45) is 1.23. The molecule has 0 rings (SSSR count). The van der Waals surface area contributed by atoms with Crippen LogP contribution < -0.4 is 5.32 Å². The van der Waals surface area contributed by atoms with Gasteiger partial charge < -0.3 is 10.2 Å². The summed E-state index contributed by atoms with van der Waals surface area (Å²) < 4.78 is 0. The largest absolute Gasteiger partial charge is 0.320 e. The molecule has 0 bridgehead atoms. The summed E-state index contributed by atoms with van der Waals surface area (Å²) >= 11 is 0. The standard InChI is InChI=1S/C11H26N2/c1-10(11(2,3)4)13(6)9-7-8-12-5/h10,12H,7-9H2,1-6H3. The molecule has 0 amide bonds. The first-order valence-corrected chi connectivity index (χ1v) is 5.24. The average Bonchev–Trinajstić information content (AvgIpc) is 2.01. The highest BCUT2D eigenvalue weighted by Crippen LogP contribution is 2.22. The van der Waals surface area contributed by atoms with Crippen molar-refractivity contribution in [3.05, 3.63) is 0 Å². The van der Waals surface area contributed by atoms with Gasteiger partial charge in [0.25, 0.3) is 0 Å². The number of hydrogen-bond acceptors (Lipinski definition) is 2. The van der Waals surface area contributed by atoms with Crippen molar-refractivity contribution in [2.75, 3.05) is 27.2 Å². The van der Waals surface area contributed by atoms with E-state index >= 15 is 0 Å². The highest BCUT2D eigenvalue weighted by Gasteiger charge is 2.22. The minimum atomic E-state index is 0.383. The van der Waals surface area contributed by atoms with E-state index in [4.69, 9.17) is 0 Å². The summed E-state index contributed by atoms with van der Waals surface area (Å²) in [5.41, 5.74) is 0.383. The summed E-state index contributed by atoms with van der Waals surface area (Å²) in [7, 11) is 4.22. The van der Waals surface area contributed by atoms with Gasteiger partial charge in [0.15, 0.2) is 0 Å². The molecule has 0 aliphatic carbocycles. The minimum absolute atomic E-state index is 0.383. The van der Waals surface area contributed by atoms with Crippen LogP contribution in [0.2, 0.25) is 0 Å². The van der Waals surface area contributed by atoms with Crippen molar-refractivity contribution < 1.29 is 0 Å². The molecular weight excluding hydrogens is 160 g/mol. The van der Waals surface area contributed by atoms with E-state index in [1.807, 2.05) is 7.05 Å². The molecule has 2 nitrogen and oxygen atoms in total. The molecule has 0 spiro atoms. The van der Waals surface area contributed by atoms with Gasteiger partial charge in [-0.3, -0.25) is 0 Å². The molecule has 0 aromatic heterocycles. The molecule has 0 aliphatic heterocycles. The molecule has 0 aliphatic rings. The van der Waals surface area contributed by atoms with Crippen LogP contribution in [0, 0.1) is 5.41 Å². The van der Waals surface area contributed by atoms with E-state index in [1.54, 1.807) is 0 Å². The van der Waals surface area contributed by atoms with Crippen LogP contribution in [0.1, 0.15) is 34.1 Å². The predicted octanol–water partition coefficient (Wildman–Crippen LogP) is 1.96. The van der Waals surface area contributed by atoms with Crippen molar-refractivity contribution in [1.82, 2.24) is 10.2 Å². The zero-order valence-electron chi connectivity index (χ0n) is 10.1. The lowest BCUT2D eigenvalue weighted by molar-refractivity contribution is 0.140. The maximum Gasteiger partial charge on any atom is 0.0112 e. The van der Waals surface area contributed by atoms with Crippen LogP contribution >= 0.6 is 0 Å². The lowest BCUT2D eigenvalue weighted by atomic mass is 9.87. The molecule has 1 unspecified atom stereocenters.